The summed E-state index contributed by atoms with van der Waals surface area (Å²) in [5, 5.41) is 8.66. The van der Waals surface area contributed by atoms with E-state index < -0.39 is 10.0 Å². The molecule has 1 fully saturated rings. The van der Waals surface area contributed by atoms with E-state index >= 15 is 0 Å². The summed E-state index contributed by atoms with van der Waals surface area (Å²) in [4.78, 5) is 23.6. The van der Waals surface area contributed by atoms with E-state index in [9.17, 15) is 18.0 Å². The van der Waals surface area contributed by atoms with E-state index in [2.05, 4.69) is 16.0 Å². The Labute approximate surface area is 185 Å². The van der Waals surface area contributed by atoms with Crippen molar-refractivity contribution in [2.75, 3.05) is 48.8 Å². The number of carbonyl (C=O) groups is 2. The number of sulfonamides is 1. The van der Waals surface area contributed by atoms with Gasteiger partial charge in [0.25, 0.3) is 0 Å². The van der Waals surface area contributed by atoms with Gasteiger partial charge in [0.1, 0.15) is 0 Å². The first-order valence-electron chi connectivity index (χ1n) is 9.54. The highest BCUT2D eigenvalue weighted by molar-refractivity contribution is 7.89. The van der Waals surface area contributed by atoms with Gasteiger partial charge in [0, 0.05) is 31.4 Å². The third-order valence-corrected chi connectivity index (χ3v) is 6.71. The normalized spacial score (nSPS) is 14.6. The van der Waals surface area contributed by atoms with Gasteiger partial charge in [0.05, 0.1) is 35.4 Å². The van der Waals surface area contributed by atoms with Crippen LogP contribution in [0.1, 0.15) is 6.92 Å². The highest BCUT2D eigenvalue weighted by Gasteiger charge is 2.26. The average Bonchev–Trinajstić information content (AvgIpc) is 2.75. The Bertz CT molecular complexity index is 1050. The largest absolute Gasteiger partial charge is 0.379 e. The van der Waals surface area contributed by atoms with Crippen molar-refractivity contribution >= 4 is 50.5 Å². The Hall–Kier alpha value is -2.66. The summed E-state index contributed by atoms with van der Waals surface area (Å²) in [7, 11) is -3.59. The van der Waals surface area contributed by atoms with E-state index in [0.717, 1.165) is 0 Å². The Balaban J connectivity index is 1.58. The highest BCUT2D eigenvalue weighted by Crippen LogP contribution is 2.25. The van der Waals surface area contributed by atoms with Crippen molar-refractivity contribution in [3.05, 3.63) is 47.5 Å². The number of anilines is 3. The van der Waals surface area contributed by atoms with Gasteiger partial charge in [-0.1, -0.05) is 11.6 Å². The number of rotatable bonds is 7. The molecule has 11 heteroatoms. The van der Waals surface area contributed by atoms with Crippen molar-refractivity contribution < 1.29 is 22.7 Å². The second-order valence-electron chi connectivity index (χ2n) is 6.82. The minimum absolute atomic E-state index is 0.0723. The number of morpholine rings is 1. The van der Waals surface area contributed by atoms with Crippen LogP contribution in [0.3, 0.4) is 0 Å². The van der Waals surface area contributed by atoms with E-state index in [1.54, 1.807) is 18.2 Å². The van der Waals surface area contributed by atoms with Gasteiger partial charge < -0.3 is 20.7 Å². The summed E-state index contributed by atoms with van der Waals surface area (Å²) in [6, 6.07) is 10.9. The molecule has 3 N–H and O–H groups in total. The van der Waals surface area contributed by atoms with Crippen molar-refractivity contribution in [1.82, 2.24) is 4.31 Å². The molecular formula is C20H23ClN4O5S. The van der Waals surface area contributed by atoms with Crippen LogP contribution in [0.25, 0.3) is 0 Å². The molecule has 1 aliphatic heterocycles. The average molecular weight is 467 g/mol. The van der Waals surface area contributed by atoms with Crippen molar-refractivity contribution in [3.8, 4) is 0 Å². The molecule has 2 aromatic rings. The molecule has 2 amide bonds. The molecule has 1 saturated heterocycles. The number of carbonyl (C=O) groups excluding carboxylic acids is 2. The molecule has 0 radical (unpaired) electrons. The van der Waals surface area contributed by atoms with Crippen LogP contribution in [0.4, 0.5) is 17.1 Å². The summed E-state index contributed by atoms with van der Waals surface area (Å²) in [6.07, 6.45) is 0. The lowest BCUT2D eigenvalue weighted by Crippen LogP contribution is -2.40. The van der Waals surface area contributed by atoms with Gasteiger partial charge in [-0.25, -0.2) is 8.42 Å². The third-order valence-electron chi connectivity index (χ3n) is 4.47. The fourth-order valence-corrected chi connectivity index (χ4v) is 4.56. The van der Waals surface area contributed by atoms with Crippen molar-refractivity contribution in [2.24, 2.45) is 0 Å². The zero-order chi connectivity index (χ0) is 22.4. The predicted molar refractivity (Wildman–Crippen MR) is 119 cm³/mol. The van der Waals surface area contributed by atoms with E-state index in [1.807, 2.05) is 0 Å². The third kappa shape index (κ3) is 6.17. The lowest BCUT2D eigenvalue weighted by atomic mass is 10.2. The maximum absolute atomic E-state index is 12.6. The maximum atomic E-state index is 12.6. The molecule has 31 heavy (non-hydrogen) atoms. The van der Waals surface area contributed by atoms with Crippen LogP contribution in [-0.4, -0.2) is 57.4 Å². The molecule has 2 aromatic carbocycles. The van der Waals surface area contributed by atoms with Crippen LogP contribution < -0.4 is 16.0 Å². The first-order chi connectivity index (χ1) is 14.8. The van der Waals surface area contributed by atoms with Crippen LogP contribution in [0.5, 0.6) is 0 Å². The summed E-state index contributed by atoms with van der Waals surface area (Å²) in [5.41, 5.74) is 1.51. The topological polar surface area (TPSA) is 117 Å². The number of nitrogens with zero attached hydrogens (tertiary/aromatic N) is 1. The van der Waals surface area contributed by atoms with E-state index in [0.29, 0.717) is 48.4 Å². The number of amides is 2. The van der Waals surface area contributed by atoms with Gasteiger partial charge in [-0.15, -0.1) is 0 Å². The summed E-state index contributed by atoms with van der Waals surface area (Å²) in [5.74, 6) is -0.560. The molecule has 0 aliphatic carbocycles. The van der Waals surface area contributed by atoms with Gasteiger partial charge >= 0.3 is 0 Å². The summed E-state index contributed by atoms with van der Waals surface area (Å²) < 4.78 is 31.9. The number of ether oxygens (including phenoxy) is 1. The molecule has 166 valence electrons. The smallest absolute Gasteiger partial charge is 0.243 e. The predicted octanol–water partition coefficient (Wildman–Crippen LogP) is 2.37. The summed E-state index contributed by atoms with van der Waals surface area (Å²) in [6.45, 7) is 2.70. The van der Waals surface area contributed by atoms with E-state index in [-0.39, 0.29) is 23.3 Å². The van der Waals surface area contributed by atoms with Gasteiger partial charge in [-0.05, 0) is 42.5 Å². The monoisotopic (exact) mass is 466 g/mol. The minimum Gasteiger partial charge on any atom is -0.379 e. The van der Waals surface area contributed by atoms with Crippen LogP contribution >= 0.6 is 11.6 Å². The number of benzene rings is 2. The van der Waals surface area contributed by atoms with Crippen molar-refractivity contribution in [2.45, 2.75) is 11.8 Å². The lowest BCUT2D eigenvalue weighted by molar-refractivity contribution is -0.115. The lowest BCUT2D eigenvalue weighted by Gasteiger charge is -2.26. The quantitative estimate of drug-likeness (QED) is 0.576. The van der Waals surface area contributed by atoms with Crippen LogP contribution in [0.15, 0.2) is 47.4 Å². The molecular weight excluding hydrogens is 444 g/mol. The van der Waals surface area contributed by atoms with Crippen molar-refractivity contribution in [1.29, 1.82) is 0 Å². The maximum Gasteiger partial charge on any atom is 0.243 e. The number of hydrogen-bond donors (Lipinski definition) is 3. The molecule has 9 nitrogen and oxygen atoms in total. The number of nitrogens with one attached hydrogen (secondary N) is 3. The molecule has 0 aromatic heterocycles. The van der Waals surface area contributed by atoms with Gasteiger partial charge in [-0.3, -0.25) is 9.59 Å². The molecule has 3 rings (SSSR count). The zero-order valence-electron chi connectivity index (χ0n) is 16.9. The number of hydrogen-bond acceptors (Lipinski definition) is 6. The Morgan fingerprint density at radius 1 is 1.03 bits per heavy atom. The van der Waals surface area contributed by atoms with Gasteiger partial charge in [0.15, 0.2) is 0 Å². The van der Waals surface area contributed by atoms with Gasteiger partial charge in [0.2, 0.25) is 21.8 Å². The number of halogens is 1. The fourth-order valence-electron chi connectivity index (χ4n) is 2.97. The van der Waals surface area contributed by atoms with Crippen LogP contribution in [0, 0.1) is 0 Å². The van der Waals surface area contributed by atoms with Gasteiger partial charge in [-0.2, -0.15) is 4.31 Å². The molecule has 0 spiro atoms. The molecule has 1 heterocycles. The summed E-state index contributed by atoms with van der Waals surface area (Å²) >= 11 is 6.12. The molecule has 1 aliphatic rings. The second-order valence-corrected chi connectivity index (χ2v) is 9.16. The van der Waals surface area contributed by atoms with Crippen molar-refractivity contribution in [3.63, 3.8) is 0 Å². The first-order valence-corrected chi connectivity index (χ1v) is 11.4. The van der Waals surface area contributed by atoms with Crippen LogP contribution in [0.2, 0.25) is 5.02 Å². The Morgan fingerprint density at radius 2 is 1.68 bits per heavy atom. The van der Waals surface area contributed by atoms with E-state index in [4.69, 9.17) is 16.3 Å². The Kier molecular flexibility index (Phi) is 7.50. The molecule has 0 unspecified atom stereocenters. The standard InChI is InChI=1S/C20H23ClN4O5S/c1-14(26)23-16-4-7-18(21)19(12-16)22-13-20(27)24-15-2-5-17(6-3-15)31(28,29)25-8-10-30-11-9-25/h2-7,12,22H,8-11,13H2,1H3,(H,23,26)(H,24,27). The van der Waals surface area contributed by atoms with E-state index in [1.165, 1.54) is 35.5 Å². The zero-order valence-corrected chi connectivity index (χ0v) is 18.4. The van der Waals surface area contributed by atoms with Crippen LogP contribution in [-0.2, 0) is 24.3 Å². The first kappa shape index (κ1) is 23.0. The SMILES string of the molecule is CC(=O)Nc1ccc(Cl)c(NCC(=O)Nc2ccc(S(=O)(=O)N3CCOCC3)cc2)c1. The fraction of sp³-hybridized carbons (Fsp3) is 0.300. The second kappa shape index (κ2) is 10.1. The Morgan fingerprint density at radius 3 is 2.32 bits per heavy atom. The molecule has 0 bridgehead atoms. The highest BCUT2D eigenvalue weighted by atomic mass is 35.5. The molecule has 0 saturated carbocycles. The molecule has 0 atom stereocenters. The minimum atomic E-state index is -3.59.